The number of aliphatic carboxylic acids is 1. The third-order valence-electron chi connectivity index (χ3n) is 3.36. The molecule has 0 unspecified atom stereocenters. The van der Waals surface area contributed by atoms with Crippen molar-refractivity contribution in [3.8, 4) is 0 Å². The van der Waals surface area contributed by atoms with Crippen LogP contribution < -0.4 is 5.32 Å². The summed E-state index contributed by atoms with van der Waals surface area (Å²) >= 11 is 0. The summed E-state index contributed by atoms with van der Waals surface area (Å²) in [6.07, 6.45) is 2.58. The van der Waals surface area contributed by atoms with E-state index in [-0.39, 0.29) is 19.0 Å². The van der Waals surface area contributed by atoms with Crippen LogP contribution in [-0.2, 0) is 11.2 Å². The molecule has 0 bridgehead atoms. The number of hydrogen-bond acceptors (Lipinski definition) is 2. The number of amides is 2. The van der Waals surface area contributed by atoms with Crippen LogP contribution in [0.3, 0.4) is 0 Å². The van der Waals surface area contributed by atoms with Crippen LogP contribution in [0.25, 0.3) is 10.9 Å². The molecular formula is C15H19N3O3. The first kappa shape index (κ1) is 14.9. The molecule has 2 amide bonds. The Morgan fingerprint density at radius 1 is 1.33 bits per heavy atom. The third kappa shape index (κ3) is 3.98. The first-order valence-electron chi connectivity index (χ1n) is 6.83. The van der Waals surface area contributed by atoms with Crippen LogP contribution in [0.1, 0.15) is 12.0 Å². The highest BCUT2D eigenvalue weighted by molar-refractivity contribution is 5.83. The van der Waals surface area contributed by atoms with Gasteiger partial charge in [-0.2, -0.15) is 0 Å². The maximum absolute atomic E-state index is 11.8. The number of urea groups is 1. The number of aromatic nitrogens is 1. The smallest absolute Gasteiger partial charge is 0.317 e. The van der Waals surface area contributed by atoms with Crippen LogP contribution in [0.5, 0.6) is 0 Å². The van der Waals surface area contributed by atoms with Gasteiger partial charge in [0.25, 0.3) is 0 Å². The van der Waals surface area contributed by atoms with Crippen molar-refractivity contribution < 1.29 is 14.7 Å². The minimum absolute atomic E-state index is 0.0490. The second-order valence-corrected chi connectivity index (χ2v) is 4.90. The molecule has 6 nitrogen and oxygen atoms in total. The number of benzene rings is 1. The zero-order valence-electron chi connectivity index (χ0n) is 11.9. The number of hydrogen-bond donors (Lipinski definition) is 3. The fraction of sp³-hybridized carbons (Fsp3) is 0.333. The average Bonchev–Trinajstić information content (AvgIpc) is 2.93. The molecular weight excluding hydrogens is 270 g/mol. The average molecular weight is 289 g/mol. The molecule has 1 heterocycles. The molecule has 0 aliphatic rings. The first-order chi connectivity index (χ1) is 10.1. The molecule has 0 spiro atoms. The molecule has 1 aromatic carbocycles. The molecule has 0 saturated heterocycles. The number of aromatic amines is 1. The first-order valence-corrected chi connectivity index (χ1v) is 6.83. The predicted molar refractivity (Wildman–Crippen MR) is 80.3 cm³/mol. The number of nitrogens with one attached hydrogen (secondary N) is 2. The van der Waals surface area contributed by atoms with Gasteiger partial charge in [-0.05, 0) is 24.1 Å². The van der Waals surface area contributed by atoms with Crippen LogP contribution in [0, 0.1) is 0 Å². The molecule has 2 aromatic rings. The molecule has 2 rings (SSSR count). The third-order valence-corrected chi connectivity index (χ3v) is 3.36. The number of fused-ring (bicyclic) bond motifs is 1. The van der Waals surface area contributed by atoms with Gasteiger partial charge in [0, 0.05) is 37.2 Å². The van der Waals surface area contributed by atoms with Crippen molar-refractivity contribution >= 4 is 22.9 Å². The Morgan fingerprint density at radius 3 is 2.90 bits per heavy atom. The lowest BCUT2D eigenvalue weighted by Crippen LogP contribution is -2.39. The van der Waals surface area contributed by atoms with E-state index in [0.29, 0.717) is 6.54 Å². The standard InChI is InChI=1S/C15H19N3O3/c1-18(10-7-14(19)20)15(21)17-8-5-11-3-2-4-13-12(11)6-9-16-13/h2-4,6,9,16H,5,7-8,10H2,1H3,(H,17,21)(H,19,20). The predicted octanol–water partition coefficient (Wildman–Crippen LogP) is 1.83. The van der Waals surface area contributed by atoms with E-state index >= 15 is 0 Å². The van der Waals surface area contributed by atoms with E-state index < -0.39 is 5.97 Å². The summed E-state index contributed by atoms with van der Waals surface area (Å²) in [5.74, 6) is -0.909. The van der Waals surface area contributed by atoms with Gasteiger partial charge in [-0.1, -0.05) is 12.1 Å². The molecule has 0 saturated carbocycles. The van der Waals surface area contributed by atoms with Gasteiger partial charge >= 0.3 is 12.0 Å². The van der Waals surface area contributed by atoms with Crippen LogP contribution >= 0.6 is 0 Å². The Balaban J connectivity index is 1.82. The molecule has 3 N–H and O–H groups in total. The van der Waals surface area contributed by atoms with E-state index in [0.717, 1.165) is 17.3 Å². The van der Waals surface area contributed by atoms with Crippen LogP contribution in [0.15, 0.2) is 30.5 Å². The van der Waals surface area contributed by atoms with Crippen molar-refractivity contribution in [3.63, 3.8) is 0 Å². The van der Waals surface area contributed by atoms with Crippen LogP contribution in [0.4, 0.5) is 4.79 Å². The minimum atomic E-state index is -0.909. The van der Waals surface area contributed by atoms with E-state index in [1.807, 2.05) is 30.5 Å². The van der Waals surface area contributed by atoms with Crippen molar-refractivity contribution in [2.45, 2.75) is 12.8 Å². The van der Waals surface area contributed by atoms with Crippen LogP contribution in [0.2, 0.25) is 0 Å². The molecule has 112 valence electrons. The second-order valence-electron chi connectivity index (χ2n) is 4.90. The van der Waals surface area contributed by atoms with E-state index in [9.17, 15) is 9.59 Å². The van der Waals surface area contributed by atoms with Gasteiger partial charge in [-0.25, -0.2) is 4.79 Å². The van der Waals surface area contributed by atoms with E-state index in [2.05, 4.69) is 10.3 Å². The molecule has 1 aromatic heterocycles. The van der Waals surface area contributed by atoms with Gasteiger partial charge in [-0.3, -0.25) is 4.79 Å². The van der Waals surface area contributed by atoms with E-state index in [1.165, 1.54) is 10.5 Å². The summed E-state index contributed by atoms with van der Waals surface area (Å²) in [4.78, 5) is 26.8. The van der Waals surface area contributed by atoms with Crippen molar-refractivity contribution in [2.75, 3.05) is 20.1 Å². The summed E-state index contributed by atoms with van der Waals surface area (Å²) in [6, 6.07) is 7.80. The molecule has 0 atom stereocenters. The lowest BCUT2D eigenvalue weighted by atomic mass is 10.1. The lowest BCUT2D eigenvalue weighted by molar-refractivity contribution is -0.137. The summed E-state index contributed by atoms with van der Waals surface area (Å²) in [5.41, 5.74) is 2.25. The van der Waals surface area contributed by atoms with Gasteiger partial charge in [-0.15, -0.1) is 0 Å². The summed E-state index contributed by atoms with van der Waals surface area (Å²) in [5, 5.41) is 12.5. The van der Waals surface area contributed by atoms with Gasteiger partial charge in [0.05, 0.1) is 6.42 Å². The maximum Gasteiger partial charge on any atom is 0.317 e. The van der Waals surface area contributed by atoms with Gasteiger partial charge in [0.15, 0.2) is 0 Å². The molecule has 6 heteroatoms. The number of carbonyl (C=O) groups is 2. The highest BCUT2D eigenvalue weighted by Gasteiger charge is 2.09. The zero-order valence-corrected chi connectivity index (χ0v) is 11.9. The Kier molecular flexibility index (Phi) is 4.81. The summed E-state index contributed by atoms with van der Waals surface area (Å²) < 4.78 is 0. The SMILES string of the molecule is CN(CCC(=O)O)C(=O)NCCc1cccc2[nH]ccc12. The Labute approximate surface area is 122 Å². The highest BCUT2D eigenvalue weighted by atomic mass is 16.4. The summed E-state index contributed by atoms with van der Waals surface area (Å²) in [7, 11) is 1.59. The highest BCUT2D eigenvalue weighted by Crippen LogP contribution is 2.17. The molecule has 0 fully saturated rings. The molecule has 0 aliphatic heterocycles. The van der Waals surface area contributed by atoms with E-state index in [4.69, 9.17) is 5.11 Å². The number of rotatable bonds is 6. The van der Waals surface area contributed by atoms with Gasteiger partial charge in [0.1, 0.15) is 0 Å². The van der Waals surface area contributed by atoms with Crippen molar-refractivity contribution in [2.24, 2.45) is 0 Å². The van der Waals surface area contributed by atoms with Crippen molar-refractivity contribution in [1.29, 1.82) is 0 Å². The number of nitrogens with zero attached hydrogens (tertiary/aromatic N) is 1. The molecule has 21 heavy (non-hydrogen) atoms. The summed E-state index contributed by atoms with van der Waals surface area (Å²) in [6.45, 7) is 0.717. The molecule has 0 aliphatic carbocycles. The van der Waals surface area contributed by atoms with Crippen molar-refractivity contribution in [1.82, 2.24) is 15.2 Å². The fourth-order valence-electron chi connectivity index (χ4n) is 2.17. The molecule has 0 radical (unpaired) electrons. The topological polar surface area (TPSA) is 85.4 Å². The zero-order chi connectivity index (χ0) is 15.2. The fourth-order valence-corrected chi connectivity index (χ4v) is 2.17. The maximum atomic E-state index is 11.8. The Morgan fingerprint density at radius 2 is 2.14 bits per heavy atom. The quantitative estimate of drug-likeness (QED) is 0.758. The normalized spacial score (nSPS) is 10.5. The van der Waals surface area contributed by atoms with E-state index in [1.54, 1.807) is 7.05 Å². The van der Waals surface area contributed by atoms with Crippen molar-refractivity contribution in [3.05, 3.63) is 36.0 Å². The monoisotopic (exact) mass is 289 g/mol. The number of H-pyrrole nitrogens is 1. The second kappa shape index (κ2) is 6.78. The Bertz CT molecular complexity index is 636. The number of carboxylic acids is 1. The largest absolute Gasteiger partial charge is 0.481 e. The minimum Gasteiger partial charge on any atom is -0.481 e. The number of carbonyl (C=O) groups excluding carboxylic acids is 1. The number of carboxylic acid groups (broad SMARTS) is 1. The Hall–Kier alpha value is -2.50. The van der Waals surface area contributed by atoms with Gasteiger partial charge in [0.2, 0.25) is 0 Å². The lowest BCUT2D eigenvalue weighted by Gasteiger charge is -2.17. The van der Waals surface area contributed by atoms with Crippen LogP contribution in [-0.4, -0.2) is 47.1 Å². The van der Waals surface area contributed by atoms with Gasteiger partial charge < -0.3 is 20.3 Å².